The van der Waals surface area contributed by atoms with Gasteiger partial charge in [-0.15, -0.1) is 0 Å². The lowest BCUT2D eigenvalue weighted by molar-refractivity contribution is -0.0913. The molecule has 2 aromatic rings. The summed E-state index contributed by atoms with van der Waals surface area (Å²) in [6, 6.07) is 5.08. The highest BCUT2D eigenvalue weighted by Gasteiger charge is 2.29. The van der Waals surface area contributed by atoms with Crippen LogP contribution in [0.15, 0.2) is 57.2 Å². The van der Waals surface area contributed by atoms with Crippen LogP contribution in [0.4, 0.5) is 23.5 Å². The quantitative estimate of drug-likeness (QED) is 0.521. The van der Waals surface area contributed by atoms with Crippen molar-refractivity contribution in [1.82, 2.24) is 14.1 Å². The molecule has 10 heteroatoms. The van der Waals surface area contributed by atoms with E-state index in [2.05, 4.69) is 10.3 Å². The SMILES string of the molecule is C/C(=C\C=C(/C)C(F)(F)F)CNc1nc(=O)n(C(C)C)c(=O)n1Cc1ccc(F)cc1. The Kier molecular flexibility index (Phi) is 7.59. The summed E-state index contributed by atoms with van der Waals surface area (Å²) >= 11 is 0. The molecule has 0 aliphatic carbocycles. The fourth-order valence-electron chi connectivity index (χ4n) is 2.64. The van der Waals surface area contributed by atoms with Crippen LogP contribution in [0.2, 0.25) is 0 Å². The smallest absolute Gasteiger partial charge is 0.352 e. The number of nitrogens with zero attached hydrogens (tertiary/aromatic N) is 3. The third kappa shape index (κ3) is 6.40. The molecule has 0 spiro atoms. The molecule has 6 nitrogen and oxygen atoms in total. The first-order valence-corrected chi connectivity index (χ1v) is 9.53. The molecule has 0 atom stereocenters. The van der Waals surface area contributed by atoms with Crippen LogP contribution in [-0.2, 0) is 6.54 Å². The summed E-state index contributed by atoms with van der Waals surface area (Å²) in [4.78, 5) is 29.2. The van der Waals surface area contributed by atoms with Crippen LogP contribution < -0.4 is 16.7 Å². The van der Waals surface area contributed by atoms with Gasteiger partial charge in [0, 0.05) is 18.2 Å². The maximum atomic E-state index is 13.2. The lowest BCUT2D eigenvalue weighted by Gasteiger charge is -2.17. The Hall–Kier alpha value is -3.17. The molecule has 0 unspecified atom stereocenters. The molecular weight excluding hydrogens is 416 g/mol. The number of aromatic nitrogens is 3. The van der Waals surface area contributed by atoms with Crippen molar-refractivity contribution in [1.29, 1.82) is 0 Å². The van der Waals surface area contributed by atoms with E-state index in [1.54, 1.807) is 20.8 Å². The van der Waals surface area contributed by atoms with E-state index in [1.165, 1.54) is 34.9 Å². The molecule has 1 aromatic heterocycles. The number of rotatable bonds is 7. The van der Waals surface area contributed by atoms with Crippen molar-refractivity contribution in [3.63, 3.8) is 0 Å². The minimum Gasteiger partial charge on any atom is -0.352 e. The lowest BCUT2D eigenvalue weighted by Crippen LogP contribution is -2.44. The van der Waals surface area contributed by atoms with Gasteiger partial charge >= 0.3 is 17.6 Å². The minimum absolute atomic E-state index is 0.0251. The van der Waals surface area contributed by atoms with Gasteiger partial charge in [0.2, 0.25) is 5.95 Å². The number of hydrogen-bond donors (Lipinski definition) is 1. The zero-order chi connectivity index (χ0) is 23.3. The van der Waals surface area contributed by atoms with Gasteiger partial charge in [-0.25, -0.2) is 18.5 Å². The zero-order valence-electron chi connectivity index (χ0n) is 17.6. The number of nitrogens with one attached hydrogen (secondary N) is 1. The average Bonchev–Trinajstić information content (AvgIpc) is 2.67. The first-order chi connectivity index (χ1) is 14.4. The molecule has 0 aliphatic rings. The molecule has 0 fully saturated rings. The lowest BCUT2D eigenvalue weighted by atomic mass is 10.2. The predicted molar refractivity (Wildman–Crippen MR) is 111 cm³/mol. The highest BCUT2D eigenvalue weighted by molar-refractivity contribution is 5.30. The van der Waals surface area contributed by atoms with Gasteiger partial charge in [0.05, 0.1) is 6.54 Å². The Morgan fingerprint density at radius 1 is 1.13 bits per heavy atom. The molecule has 1 heterocycles. The van der Waals surface area contributed by atoms with Crippen LogP contribution >= 0.6 is 0 Å². The van der Waals surface area contributed by atoms with E-state index in [4.69, 9.17) is 0 Å². The maximum absolute atomic E-state index is 13.2. The molecule has 0 bridgehead atoms. The maximum Gasteiger partial charge on any atom is 0.412 e. The number of hydrogen-bond acceptors (Lipinski definition) is 4. The molecular formula is C21H24F4N4O2. The first kappa shape index (κ1) is 24.1. The van der Waals surface area contributed by atoms with Crippen LogP contribution in [-0.4, -0.2) is 26.8 Å². The van der Waals surface area contributed by atoms with Gasteiger partial charge in [-0.2, -0.15) is 18.2 Å². The summed E-state index contributed by atoms with van der Waals surface area (Å²) in [5, 5.41) is 2.84. The second kappa shape index (κ2) is 9.76. The van der Waals surface area contributed by atoms with E-state index in [0.29, 0.717) is 11.1 Å². The van der Waals surface area contributed by atoms with Gasteiger partial charge < -0.3 is 5.32 Å². The highest BCUT2D eigenvalue weighted by Crippen LogP contribution is 2.24. The van der Waals surface area contributed by atoms with Crippen molar-refractivity contribution in [2.75, 3.05) is 11.9 Å². The van der Waals surface area contributed by atoms with Crippen molar-refractivity contribution in [2.24, 2.45) is 0 Å². The van der Waals surface area contributed by atoms with Gasteiger partial charge in [-0.3, -0.25) is 4.57 Å². The van der Waals surface area contributed by atoms with Crippen molar-refractivity contribution < 1.29 is 17.6 Å². The number of halogens is 4. The molecule has 0 aliphatic heterocycles. The fraction of sp³-hybridized carbons (Fsp3) is 0.381. The molecule has 2 rings (SSSR count). The minimum atomic E-state index is -4.41. The van der Waals surface area contributed by atoms with Crippen LogP contribution in [0, 0.1) is 5.82 Å². The Balaban J connectivity index is 2.38. The first-order valence-electron chi connectivity index (χ1n) is 9.53. The molecule has 168 valence electrons. The largest absolute Gasteiger partial charge is 0.412 e. The number of alkyl halides is 3. The topological polar surface area (TPSA) is 68.9 Å². The van der Waals surface area contributed by atoms with Crippen LogP contribution in [0.25, 0.3) is 0 Å². The van der Waals surface area contributed by atoms with Gasteiger partial charge in [0.15, 0.2) is 0 Å². The van der Waals surface area contributed by atoms with E-state index in [-0.39, 0.29) is 19.0 Å². The molecule has 0 amide bonds. The third-order valence-corrected chi connectivity index (χ3v) is 4.46. The normalized spacial score (nSPS) is 13.1. The molecule has 31 heavy (non-hydrogen) atoms. The van der Waals surface area contributed by atoms with Crippen LogP contribution in [0.3, 0.4) is 0 Å². The van der Waals surface area contributed by atoms with Crippen LogP contribution in [0.5, 0.6) is 0 Å². The molecule has 0 saturated heterocycles. The monoisotopic (exact) mass is 440 g/mol. The second-order valence-electron chi connectivity index (χ2n) is 7.39. The van der Waals surface area contributed by atoms with Crippen molar-refractivity contribution >= 4 is 5.95 Å². The van der Waals surface area contributed by atoms with Crippen molar-refractivity contribution in [3.8, 4) is 0 Å². The zero-order valence-corrected chi connectivity index (χ0v) is 17.6. The number of allylic oxidation sites excluding steroid dienone is 3. The summed E-state index contributed by atoms with van der Waals surface area (Å²) in [7, 11) is 0. The summed E-state index contributed by atoms with van der Waals surface area (Å²) < 4.78 is 53.2. The van der Waals surface area contributed by atoms with E-state index < -0.39 is 35.0 Å². The average molecular weight is 440 g/mol. The van der Waals surface area contributed by atoms with Crippen LogP contribution in [0.1, 0.15) is 39.3 Å². The molecule has 0 saturated carbocycles. The van der Waals surface area contributed by atoms with Crippen molar-refractivity contribution in [3.05, 3.63) is 79.9 Å². The predicted octanol–water partition coefficient (Wildman–Crippen LogP) is 4.04. The summed E-state index contributed by atoms with van der Waals surface area (Å²) in [6.07, 6.45) is -2.16. The third-order valence-electron chi connectivity index (χ3n) is 4.46. The van der Waals surface area contributed by atoms with E-state index in [9.17, 15) is 27.2 Å². The Labute approximate surface area is 176 Å². The Bertz CT molecular complexity index is 1090. The summed E-state index contributed by atoms with van der Waals surface area (Å²) in [6.45, 7) is 5.99. The second-order valence-corrected chi connectivity index (χ2v) is 7.39. The van der Waals surface area contributed by atoms with E-state index in [0.717, 1.165) is 17.6 Å². The van der Waals surface area contributed by atoms with Gasteiger partial charge in [0.1, 0.15) is 5.82 Å². The van der Waals surface area contributed by atoms with Gasteiger partial charge in [-0.1, -0.05) is 29.9 Å². The number of anilines is 1. The number of benzene rings is 1. The van der Waals surface area contributed by atoms with Gasteiger partial charge in [-0.05, 0) is 45.4 Å². The standard InChI is InChI=1S/C21H24F4N4O2/c1-13(2)29-19(30)27-18(26-11-14(3)5-6-15(4)21(23,24)25)28(20(29)31)12-16-7-9-17(22)10-8-16/h5-10,13H,11-12H2,1-4H3,(H,26,27,30)/b14-5+,15-6+. The fourth-order valence-corrected chi connectivity index (χ4v) is 2.64. The van der Waals surface area contributed by atoms with E-state index in [1.807, 2.05) is 0 Å². The molecule has 0 radical (unpaired) electrons. The van der Waals surface area contributed by atoms with E-state index >= 15 is 0 Å². The highest BCUT2D eigenvalue weighted by atomic mass is 19.4. The van der Waals surface area contributed by atoms with Crippen molar-refractivity contribution in [2.45, 2.75) is 46.5 Å². The summed E-state index contributed by atoms with van der Waals surface area (Å²) in [5.41, 5.74) is -0.959. The Morgan fingerprint density at radius 2 is 1.74 bits per heavy atom. The molecule has 1 aromatic carbocycles. The summed E-state index contributed by atoms with van der Waals surface area (Å²) in [5.74, 6) is -0.455. The Morgan fingerprint density at radius 3 is 2.29 bits per heavy atom. The molecule has 1 N–H and O–H groups in total. The van der Waals surface area contributed by atoms with Gasteiger partial charge in [0.25, 0.3) is 0 Å².